The van der Waals surface area contributed by atoms with E-state index in [-0.39, 0.29) is 9.79 Å². The molecule has 0 saturated heterocycles. The van der Waals surface area contributed by atoms with Crippen LogP contribution in [0.25, 0.3) is 0 Å². The predicted molar refractivity (Wildman–Crippen MR) is 119 cm³/mol. The highest BCUT2D eigenvalue weighted by Gasteiger charge is 2.17. The lowest BCUT2D eigenvalue weighted by atomic mass is 10.0. The van der Waals surface area contributed by atoms with Crippen molar-refractivity contribution >= 4 is 26.9 Å². The predicted octanol–water partition coefficient (Wildman–Crippen LogP) is 5.06. The zero-order chi connectivity index (χ0) is 21.0. The molecule has 3 aromatic carbocycles. The van der Waals surface area contributed by atoms with Gasteiger partial charge >= 0.3 is 0 Å². The molecule has 5 nitrogen and oxygen atoms in total. The second-order valence-corrected chi connectivity index (χ2v) is 9.14. The molecule has 0 aliphatic heterocycles. The van der Waals surface area contributed by atoms with Crippen LogP contribution in [0, 0.1) is 0 Å². The van der Waals surface area contributed by atoms with Gasteiger partial charge in [-0.2, -0.15) is 5.10 Å². The summed E-state index contributed by atoms with van der Waals surface area (Å²) in [5.41, 5.74) is 12.9. The van der Waals surface area contributed by atoms with E-state index in [4.69, 9.17) is 5.73 Å². The number of nitrogen functional groups attached to an aromatic ring is 1. The molecule has 0 bridgehead atoms. The van der Waals surface area contributed by atoms with Gasteiger partial charge in [-0.25, -0.2) is 8.42 Å². The summed E-state index contributed by atoms with van der Waals surface area (Å²) >= 11 is 0. The van der Waals surface area contributed by atoms with E-state index >= 15 is 0 Å². The molecule has 0 saturated carbocycles. The second kappa shape index (κ2) is 8.49. The molecule has 29 heavy (non-hydrogen) atoms. The van der Waals surface area contributed by atoms with Gasteiger partial charge in [-0.1, -0.05) is 38.1 Å². The van der Waals surface area contributed by atoms with Crippen molar-refractivity contribution in [3.63, 3.8) is 0 Å². The van der Waals surface area contributed by atoms with Gasteiger partial charge in [0, 0.05) is 5.69 Å². The molecule has 0 aliphatic carbocycles. The van der Waals surface area contributed by atoms with Gasteiger partial charge in [-0.3, -0.25) is 5.43 Å². The summed E-state index contributed by atoms with van der Waals surface area (Å²) in [6.45, 7) is 6.03. The fourth-order valence-electron chi connectivity index (χ4n) is 2.85. The van der Waals surface area contributed by atoms with Crippen molar-refractivity contribution < 1.29 is 8.42 Å². The van der Waals surface area contributed by atoms with E-state index in [1.165, 1.54) is 0 Å². The van der Waals surface area contributed by atoms with Crippen LogP contribution in [0.15, 0.2) is 87.7 Å². The lowest BCUT2D eigenvalue weighted by Gasteiger charge is -2.09. The monoisotopic (exact) mass is 407 g/mol. The molecule has 150 valence electrons. The van der Waals surface area contributed by atoms with Gasteiger partial charge in [-0.15, -0.1) is 0 Å². The van der Waals surface area contributed by atoms with E-state index in [9.17, 15) is 8.42 Å². The molecule has 3 N–H and O–H groups in total. The third kappa shape index (κ3) is 4.84. The van der Waals surface area contributed by atoms with Crippen molar-refractivity contribution in [1.29, 1.82) is 0 Å². The molecule has 0 aromatic heterocycles. The van der Waals surface area contributed by atoms with E-state index in [0.29, 0.717) is 17.3 Å². The Labute approximate surface area is 172 Å². The second-order valence-electron chi connectivity index (χ2n) is 7.19. The maximum Gasteiger partial charge on any atom is 0.206 e. The van der Waals surface area contributed by atoms with Gasteiger partial charge in [-0.05, 0) is 72.5 Å². The Bertz CT molecular complexity index is 1120. The zero-order valence-electron chi connectivity index (χ0n) is 16.8. The first kappa shape index (κ1) is 20.6. The molecule has 0 fully saturated rings. The number of benzene rings is 3. The Morgan fingerprint density at radius 3 is 2.07 bits per heavy atom. The third-order valence-corrected chi connectivity index (χ3v) is 6.46. The Morgan fingerprint density at radius 1 is 0.931 bits per heavy atom. The highest BCUT2D eigenvalue weighted by molar-refractivity contribution is 7.91. The van der Waals surface area contributed by atoms with Gasteiger partial charge in [0.25, 0.3) is 0 Å². The van der Waals surface area contributed by atoms with Crippen LogP contribution in [-0.2, 0) is 9.84 Å². The molecule has 3 aromatic rings. The van der Waals surface area contributed by atoms with Crippen molar-refractivity contribution in [2.75, 3.05) is 11.2 Å². The first-order valence-electron chi connectivity index (χ1n) is 9.38. The summed E-state index contributed by atoms with van der Waals surface area (Å²) in [5.74, 6) is 0.355. The number of hydrogen-bond donors (Lipinski definition) is 2. The number of sulfone groups is 1. The number of hydrazone groups is 1. The van der Waals surface area contributed by atoms with Crippen LogP contribution in [0.1, 0.15) is 37.8 Å². The van der Waals surface area contributed by atoms with Gasteiger partial charge in [0.05, 0.1) is 21.2 Å². The quantitative estimate of drug-likeness (QED) is 0.340. The lowest BCUT2D eigenvalue weighted by Crippen LogP contribution is -2.03. The van der Waals surface area contributed by atoms with Crippen LogP contribution >= 0.6 is 0 Å². The number of nitrogens with one attached hydrogen (secondary N) is 1. The van der Waals surface area contributed by atoms with Crippen LogP contribution in [0.2, 0.25) is 0 Å². The number of anilines is 2. The maximum atomic E-state index is 12.8. The van der Waals surface area contributed by atoms with Crippen molar-refractivity contribution in [2.45, 2.75) is 36.5 Å². The minimum Gasteiger partial charge on any atom is -0.399 e. The normalized spacial score (nSPS) is 12.2. The largest absolute Gasteiger partial charge is 0.399 e. The van der Waals surface area contributed by atoms with Crippen molar-refractivity contribution in [3.05, 3.63) is 83.9 Å². The van der Waals surface area contributed by atoms with Crippen LogP contribution in [0.4, 0.5) is 11.4 Å². The molecule has 0 heterocycles. The summed E-state index contributed by atoms with van der Waals surface area (Å²) in [6, 6.07) is 21.1. The van der Waals surface area contributed by atoms with Gasteiger partial charge in [0.1, 0.15) is 0 Å². The Balaban J connectivity index is 1.76. The summed E-state index contributed by atoms with van der Waals surface area (Å²) in [6.07, 6.45) is 0. The average Bonchev–Trinajstić information content (AvgIpc) is 2.72. The van der Waals surface area contributed by atoms with Gasteiger partial charge < -0.3 is 5.73 Å². The third-order valence-electron chi connectivity index (χ3n) is 4.68. The molecule has 0 aliphatic rings. The molecule has 0 amide bonds. The summed E-state index contributed by atoms with van der Waals surface area (Å²) in [4.78, 5) is 0.537. The average molecular weight is 408 g/mol. The Hall–Kier alpha value is -3.12. The maximum absolute atomic E-state index is 12.8. The molecule has 3 rings (SSSR count). The summed E-state index contributed by atoms with van der Waals surface area (Å²) in [7, 11) is -3.55. The van der Waals surface area contributed by atoms with Crippen LogP contribution in [-0.4, -0.2) is 14.1 Å². The molecule has 0 atom stereocenters. The lowest BCUT2D eigenvalue weighted by molar-refractivity contribution is 0.596. The number of rotatable bonds is 6. The first-order chi connectivity index (χ1) is 13.8. The fourth-order valence-corrected chi connectivity index (χ4v) is 4.11. The highest BCUT2D eigenvalue weighted by Crippen LogP contribution is 2.24. The minimum atomic E-state index is -3.55. The summed E-state index contributed by atoms with van der Waals surface area (Å²) < 4.78 is 25.7. The summed E-state index contributed by atoms with van der Waals surface area (Å²) in [5, 5.41) is 4.34. The van der Waals surface area contributed by atoms with E-state index in [0.717, 1.165) is 16.8 Å². The number of nitrogens with zero attached hydrogens (tertiary/aromatic N) is 1. The van der Waals surface area contributed by atoms with Gasteiger partial charge in [0.15, 0.2) is 0 Å². The van der Waals surface area contributed by atoms with E-state index in [1.807, 2.05) is 43.3 Å². The topological polar surface area (TPSA) is 84.5 Å². The number of nitrogens with two attached hydrogens (primary N) is 1. The standard InChI is InChI=1S/C23H25N3O2S/c1-16(2)18-7-11-22(12-8-18)29(27,28)23-13-9-21(10-14-23)26-25-17(3)19-5-4-6-20(24)15-19/h4-16,26H,24H2,1-3H3/b25-17-. The fraction of sp³-hybridized carbons (Fsp3) is 0.174. The van der Waals surface area contributed by atoms with Crippen LogP contribution in [0.3, 0.4) is 0 Å². The number of hydrogen-bond acceptors (Lipinski definition) is 5. The SMILES string of the molecule is C/C(=N/Nc1ccc(S(=O)(=O)c2ccc(C(C)C)cc2)cc1)c1cccc(N)c1. The van der Waals surface area contributed by atoms with E-state index < -0.39 is 9.84 Å². The van der Waals surface area contributed by atoms with Crippen molar-refractivity contribution in [2.24, 2.45) is 5.10 Å². The minimum absolute atomic E-state index is 0.247. The highest BCUT2D eigenvalue weighted by atomic mass is 32.2. The van der Waals surface area contributed by atoms with Gasteiger partial charge in [0.2, 0.25) is 9.84 Å². The first-order valence-corrected chi connectivity index (χ1v) is 10.9. The Kier molecular flexibility index (Phi) is 6.03. The Morgan fingerprint density at radius 2 is 1.52 bits per heavy atom. The molecule has 0 unspecified atom stereocenters. The molecular weight excluding hydrogens is 382 g/mol. The van der Waals surface area contributed by atoms with E-state index in [2.05, 4.69) is 24.4 Å². The smallest absolute Gasteiger partial charge is 0.206 e. The van der Waals surface area contributed by atoms with Crippen molar-refractivity contribution in [3.8, 4) is 0 Å². The molecular formula is C23H25N3O2S. The molecule has 6 heteroatoms. The van der Waals surface area contributed by atoms with Crippen LogP contribution < -0.4 is 11.2 Å². The van der Waals surface area contributed by atoms with Crippen LogP contribution in [0.5, 0.6) is 0 Å². The molecule has 0 spiro atoms. The molecule has 0 radical (unpaired) electrons. The zero-order valence-corrected chi connectivity index (χ0v) is 17.6. The van der Waals surface area contributed by atoms with E-state index in [1.54, 1.807) is 36.4 Å². The van der Waals surface area contributed by atoms with Crippen molar-refractivity contribution in [1.82, 2.24) is 0 Å².